The van der Waals surface area contributed by atoms with Gasteiger partial charge in [-0.15, -0.1) is 0 Å². The van der Waals surface area contributed by atoms with Gasteiger partial charge in [-0.25, -0.2) is 9.97 Å². The molecule has 4 nitrogen and oxygen atoms in total. The summed E-state index contributed by atoms with van der Waals surface area (Å²) < 4.78 is 5.05. The second-order valence-corrected chi connectivity index (χ2v) is 5.44. The van der Waals surface area contributed by atoms with Crippen LogP contribution in [-0.2, 0) is 6.42 Å². The fourth-order valence-electron chi connectivity index (χ4n) is 1.95. The van der Waals surface area contributed by atoms with Crippen LogP contribution in [0.15, 0.2) is 42.7 Å². The molecule has 1 heterocycles. The number of rotatable bonds is 6. The Morgan fingerprint density at radius 2 is 1.75 bits per heavy atom. The maximum absolute atomic E-state index is 5.05. The Labute approximate surface area is 120 Å². The summed E-state index contributed by atoms with van der Waals surface area (Å²) in [7, 11) is 1.61. The van der Waals surface area contributed by atoms with Crippen LogP contribution in [0.25, 0.3) is 0 Å². The lowest BCUT2D eigenvalue weighted by Gasteiger charge is -2.26. The zero-order valence-corrected chi connectivity index (χ0v) is 12.3. The summed E-state index contributed by atoms with van der Waals surface area (Å²) in [6.07, 6.45) is 5.37. The van der Waals surface area contributed by atoms with Crippen molar-refractivity contribution in [2.24, 2.45) is 0 Å². The van der Waals surface area contributed by atoms with Crippen LogP contribution in [0.1, 0.15) is 25.8 Å². The van der Waals surface area contributed by atoms with E-state index in [1.54, 1.807) is 19.5 Å². The molecule has 106 valence electrons. The molecule has 0 aliphatic carbocycles. The molecular weight excluding hydrogens is 250 g/mol. The Morgan fingerprint density at radius 3 is 2.35 bits per heavy atom. The van der Waals surface area contributed by atoms with Crippen LogP contribution in [0.2, 0.25) is 0 Å². The van der Waals surface area contributed by atoms with Gasteiger partial charge in [0, 0.05) is 5.54 Å². The van der Waals surface area contributed by atoms with Crippen molar-refractivity contribution in [2.45, 2.75) is 32.2 Å². The molecule has 0 saturated heterocycles. The molecule has 0 bridgehead atoms. The predicted molar refractivity (Wildman–Crippen MR) is 81.0 cm³/mol. The van der Waals surface area contributed by atoms with Gasteiger partial charge in [-0.1, -0.05) is 30.3 Å². The Hall–Kier alpha value is -2.10. The molecule has 0 saturated carbocycles. The van der Waals surface area contributed by atoms with E-state index in [0.717, 1.165) is 12.8 Å². The van der Waals surface area contributed by atoms with Gasteiger partial charge in [-0.05, 0) is 32.3 Å². The van der Waals surface area contributed by atoms with E-state index in [4.69, 9.17) is 4.74 Å². The highest BCUT2D eigenvalue weighted by Crippen LogP contribution is 2.18. The smallest absolute Gasteiger partial charge is 0.223 e. The third kappa shape index (κ3) is 4.23. The highest BCUT2D eigenvalue weighted by molar-refractivity contribution is 5.30. The SMILES string of the molecule is COc1cnc(NC(C)(C)CCc2ccccc2)nc1. The topological polar surface area (TPSA) is 47.0 Å². The maximum atomic E-state index is 5.05. The Morgan fingerprint density at radius 1 is 1.10 bits per heavy atom. The van der Waals surface area contributed by atoms with Gasteiger partial charge < -0.3 is 10.1 Å². The molecule has 0 atom stereocenters. The van der Waals surface area contributed by atoms with Gasteiger partial charge in [0.05, 0.1) is 19.5 Å². The molecule has 1 aromatic carbocycles. The minimum atomic E-state index is -0.0650. The van der Waals surface area contributed by atoms with E-state index in [-0.39, 0.29) is 5.54 Å². The van der Waals surface area contributed by atoms with Crippen LogP contribution in [0, 0.1) is 0 Å². The van der Waals surface area contributed by atoms with E-state index in [0.29, 0.717) is 11.7 Å². The number of anilines is 1. The van der Waals surface area contributed by atoms with E-state index < -0.39 is 0 Å². The van der Waals surface area contributed by atoms with Crippen LogP contribution in [0.3, 0.4) is 0 Å². The number of aryl methyl sites for hydroxylation is 1. The molecule has 0 unspecified atom stereocenters. The van der Waals surface area contributed by atoms with Crippen LogP contribution in [0.4, 0.5) is 5.95 Å². The molecule has 0 spiro atoms. The number of aromatic nitrogens is 2. The van der Waals surface area contributed by atoms with Crippen molar-refractivity contribution in [1.82, 2.24) is 9.97 Å². The van der Waals surface area contributed by atoms with Gasteiger partial charge >= 0.3 is 0 Å². The number of methoxy groups -OCH3 is 1. The van der Waals surface area contributed by atoms with Gasteiger partial charge in [-0.2, -0.15) is 0 Å². The number of hydrogen-bond donors (Lipinski definition) is 1. The first-order chi connectivity index (χ1) is 9.59. The first-order valence-corrected chi connectivity index (χ1v) is 6.77. The Kier molecular flexibility index (Phi) is 4.56. The quantitative estimate of drug-likeness (QED) is 0.875. The fraction of sp³-hybridized carbons (Fsp3) is 0.375. The number of nitrogens with zero attached hydrogens (tertiary/aromatic N) is 2. The largest absolute Gasteiger partial charge is 0.494 e. The monoisotopic (exact) mass is 271 g/mol. The highest BCUT2D eigenvalue weighted by Gasteiger charge is 2.18. The predicted octanol–water partition coefficient (Wildman–Crippen LogP) is 3.31. The maximum Gasteiger partial charge on any atom is 0.223 e. The molecule has 4 heteroatoms. The third-order valence-corrected chi connectivity index (χ3v) is 3.20. The molecule has 2 rings (SSSR count). The Balaban J connectivity index is 1.92. The molecular formula is C16H21N3O. The molecule has 0 amide bonds. The summed E-state index contributed by atoms with van der Waals surface area (Å²) in [6, 6.07) is 10.5. The summed E-state index contributed by atoms with van der Waals surface area (Å²) in [5.74, 6) is 1.29. The van der Waals surface area contributed by atoms with E-state index in [1.807, 2.05) is 6.07 Å². The standard InChI is InChI=1S/C16H21N3O/c1-16(2,10-9-13-7-5-4-6-8-13)19-15-17-11-14(20-3)12-18-15/h4-8,11-12H,9-10H2,1-3H3,(H,17,18,19). The van der Waals surface area contributed by atoms with Crippen LogP contribution >= 0.6 is 0 Å². The number of hydrogen-bond acceptors (Lipinski definition) is 4. The molecule has 0 radical (unpaired) electrons. The number of ether oxygens (including phenoxy) is 1. The summed E-state index contributed by atoms with van der Waals surface area (Å²) in [5, 5.41) is 3.36. The zero-order chi connectivity index (χ0) is 14.4. The number of nitrogens with one attached hydrogen (secondary N) is 1. The van der Waals surface area contributed by atoms with E-state index >= 15 is 0 Å². The molecule has 2 aromatic rings. The minimum Gasteiger partial charge on any atom is -0.494 e. The molecule has 0 aliphatic rings. The lowest BCUT2D eigenvalue weighted by atomic mass is 9.95. The second-order valence-electron chi connectivity index (χ2n) is 5.44. The summed E-state index contributed by atoms with van der Waals surface area (Å²) in [6.45, 7) is 4.31. The first-order valence-electron chi connectivity index (χ1n) is 6.77. The molecule has 0 fully saturated rings. The summed E-state index contributed by atoms with van der Waals surface area (Å²) in [5.41, 5.74) is 1.28. The summed E-state index contributed by atoms with van der Waals surface area (Å²) in [4.78, 5) is 8.48. The van der Waals surface area contributed by atoms with Crippen LogP contribution in [0.5, 0.6) is 5.75 Å². The van der Waals surface area contributed by atoms with Crippen molar-refractivity contribution in [3.05, 3.63) is 48.3 Å². The lowest BCUT2D eigenvalue weighted by molar-refractivity contribution is 0.410. The van der Waals surface area contributed by atoms with Crippen molar-refractivity contribution in [3.8, 4) is 5.75 Å². The van der Waals surface area contributed by atoms with Gasteiger partial charge in [0.25, 0.3) is 0 Å². The molecule has 0 aliphatic heterocycles. The Bertz CT molecular complexity index is 523. The van der Waals surface area contributed by atoms with E-state index in [2.05, 4.69) is 53.4 Å². The van der Waals surface area contributed by atoms with Gasteiger partial charge in [0.15, 0.2) is 5.75 Å². The molecule has 20 heavy (non-hydrogen) atoms. The van der Waals surface area contributed by atoms with Gasteiger partial charge in [0.2, 0.25) is 5.95 Å². The fourth-order valence-corrected chi connectivity index (χ4v) is 1.95. The van der Waals surface area contributed by atoms with Crippen molar-refractivity contribution < 1.29 is 4.74 Å². The molecule has 1 aromatic heterocycles. The first kappa shape index (κ1) is 14.3. The minimum absolute atomic E-state index is 0.0650. The third-order valence-electron chi connectivity index (χ3n) is 3.20. The zero-order valence-electron chi connectivity index (χ0n) is 12.3. The van der Waals surface area contributed by atoms with Gasteiger partial charge in [0.1, 0.15) is 0 Å². The van der Waals surface area contributed by atoms with Crippen LogP contribution in [-0.4, -0.2) is 22.6 Å². The van der Waals surface area contributed by atoms with Crippen molar-refractivity contribution >= 4 is 5.95 Å². The van der Waals surface area contributed by atoms with Crippen molar-refractivity contribution in [3.63, 3.8) is 0 Å². The highest BCUT2D eigenvalue weighted by atomic mass is 16.5. The average Bonchev–Trinajstić information content (AvgIpc) is 2.47. The normalized spacial score (nSPS) is 11.2. The lowest BCUT2D eigenvalue weighted by Crippen LogP contribution is -2.32. The average molecular weight is 271 g/mol. The van der Waals surface area contributed by atoms with Crippen molar-refractivity contribution in [2.75, 3.05) is 12.4 Å². The molecule has 1 N–H and O–H groups in total. The van der Waals surface area contributed by atoms with Crippen molar-refractivity contribution in [1.29, 1.82) is 0 Å². The summed E-state index contributed by atoms with van der Waals surface area (Å²) >= 11 is 0. The van der Waals surface area contributed by atoms with Crippen LogP contribution < -0.4 is 10.1 Å². The van der Waals surface area contributed by atoms with Gasteiger partial charge in [-0.3, -0.25) is 0 Å². The van der Waals surface area contributed by atoms with E-state index in [1.165, 1.54) is 5.56 Å². The second kappa shape index (κ2) is 6.37. The number of benzene rings is 1. The van der Waals surface area contributed by atoms with E-state index in [9.17, 15) is 0 Å².